The van der Waals surface area contributed by atoms with Gasteiger partial charge in [0.2, 0.25) is 10.0 Å². The van der Waals surface area contributed by atoms with Crippen molar-refractivity contribution in [1.29, 1.82) is 0 Å². The van der Waals surface area contributed by atoms with Crippen molar-refractivity contribution in [3.63, 3.8) is 0 Å². The van der Waals surface area contributed by atoms with Crippen molar-refractivity contribution in [2.45, 2.75) is 63.4 Å². The van der Waals surface area contributed by atoms with Crippen LogP contribution in [0.15, 0.2) is 29.2 Å². The van der Waals surface area contributed by atoms with E-state index in [2.05, 4.69) is 10.6 Å². The largest absolute Gasteiger partial charge is 0.360 e. The van der Waals surface area contributed by atoms with E-state index in [4.69, 9.17) is 12.2 Å². The summed E-state index contributed by atoms with van der Waals surface area (Å²) in [6.07, 6.45) is 6.21. The van der Waals surface area contributed by atoms with E-state index < -0.39 is 10.0 Å². The number of nitrogens with zero attached hydrogens (tertiary/aromatic N) is 1. The van der Waals surface area contributed by atoms with Gasteiger partial charge in [0.05, 0.1) is 4.90 Å². The smallest absolute Gasteiger partial charge is 0.243 e. The zero-order chi connectivity index (χ0) is 18.3. The molecule has 0 heterocycles. The van der Waals surface area contributed by atoms with Gasteiger partial charge in [0, 0.05) is 25.7 Å². The first-order valence-corrected chi connectivity index (χ1v) is 11.0. The molecule has 0 atom stereocenters. The molecule has 0 bridgehead atoms. The van der Waals surface area contributed by atoms with E-state index in [0.717, 1.165) is 5.56 Å². The quantitative estimate of drug-likeness (QED) is 0.709. The standard InChI is InChI=1S/C18H29N3O2S2/c1-3-21(4-2)25(22,23)17-12-10-15(11-13-17)14-19-18(24)20-16-8-6-5-7-9-16/h10-13,16H,3-9,14H2,1-2H3,(H2,19,20,24). The number of rotatable bonds is 7. The van der Waals surface area contributed by atoms with Crippen molar-refractivity contribution in [3.05, 3.63) is 29.8 Å². The summed E-state index contributed by atoms with van der Waals surface area (Å²) in [6, 6.07) is 7.50. The highest BCUT2D eigenvalue weighted by molar-refractivity contribution is 7.89. The second kappa shape index (κ2) is 9.50. The zero-order valence-corrected chi connectivity index (χ0v) is 16.8. The molecule has 140 valence electrons. The molecule has 0 saturated heterocycles. The third kappa shape index (κ3) is 5.66. The minimum atomic E-state index is -3.39. The Balaban J connectivity index is 1.88. The third-order valence-electron chi connectivity index (χ3n) is 4.66. The van der Waals surface area contributed by atoms with Crippen LogP contribution in [0.2, 0.25) is 0 Å². The van der Waals surface area contributed by atoms with Gasteiger partial charge in [0.1, 0.15) is 0 Å². The van der Waals surface area contributed by atoms with E-state index in [0.29, 0.717) is 35.7 Å². The van der Waals surface area contributed by atoms with Crippen LogP contribution in [0.5, 0.6) is 0 Å². The first-order chi connectivity index (χ1) is 12.0. The molecule has 1 fully saturated rings. The van der Waals surface area contributed by atoms with Gasteiger partial charge in [0.15, 0.2) is 5.11 Å². The summed E-state index contributed by atoms with van der Waals surface area (Å²) in [5, 5.41) is 7.26. The first kappa shape index (κ1) is 20.1. The van der Waals surface area contributed by atoms with Crippen LogP contribution in [0.1, 0.15) is 51.5 Å². The molecular formula is C18H29N3O2S2. The Morgan fingerprint density at radius 3 is 2.28 bits per heavy atom. The lowest BCUT2D eigenvalue weighted by Gasteiger charge is -2.24. The Labute approximate surface area is 157 Å². The summed E-state index contributed by atoms with van der Waals surface area (Å²) in [6.45, 7) is 5.23. The molecule has 0 unspecified atom stereocenters. The molecule has 0 amide bonds. The Morgan fingerprint density at radius 1 is 1.12 bits per heavy atom. The lowest BCUT2D eigenvalue weighted by molar-refractivity contribution is 0.412. The number of sulfonamides is 1. The summed E-state index contributed by atoms with van der Waals surface area (Å²) >= 11 is 5.36. The number of benzene rings is 1. The maximum absolute atomic E-state index is 12.5. The molecule has 1 saturated carbocycles. The van der Waals surface area contributed by atoms with Crippen LogP contribution < -0.4 is 10.6 Å². The zero-order valence-electron chi connectivity index (χ0n) is 15.1. The highest BCUT2D eigenvalue weighted by Gasteiger charge is 2.21. The molecule has 1 aromatic rings. The molecule has 0 radical (unpaired) electrons. The Bertz CT molecular complexity index is 649. The maximum atomic E-state index is 12.5. The lowest BCUT2D eigenvalue weighted by Crippen LogP contribution is -2.42. The summed E-state index contributed by atoms with van der Waals surface area (Å²) < 4.78 is 26.4. The maximum Gasteiger partial charge on any atom is 0.243 e. The average Bonchev–Trinajstić information content (AvgIpc) is 2.62. The van der Waals surface area contributed by atoms with E-state index >= 15 is 0 Å². The molecular weight excluding hydrogens is 354 g/mol. The SMILES string of the molecule is CCN(CC)S(=O)(=O)c1ccc(CNC(=S)NC2CCCCC2)cc1. The number of thiocarbonyl (C=S) groups is 1. The van der Waals surface area contributed by atoms with E-state index in [1.165, 1.54) is 36.4 Å². The minimum absolute atomic E-state index is 0.336. The van der Waals surface area contributed by atoms with Crippen LogP contribution in [0.25, 0.3) is 0 Å². The lowest BCUT2D eigenvalue weighted by atomic mass is 9.96. The Hall–Kier alpha value is -1.18. The highest BCUT2D eigenvalue weighted by Crippen LogP contribution is 2.18. The first-order valence-electron chi connectivity index (χ1n) is 9.10. The normalized spacial score (nSPS) is 16.0. The second-order valence-electron chi connectivity index (χ2n) is 6.40. The van der Waals surface area contributed by atoms with Crippen molar-refractivity contribution in [2.24, 2.45) is 0 Å². The molecule has 0 spiro atoms. The summed E-state index contributed by atoms with van der Waals surface area (Å²) in [5.41, 5.74) is 1.01. The van der Waals surface area contributed by atoms with E-state index in [-0.39, 0.29) is 0 Å². The van der Waals surface area contributed by atoms with Crippen molar-refractivity contribution in [3.8, 4) is 0 Å². The van der Waals surface area contributed by atoms with Crippen LogP contribution in [0.4, 0.5) is 0 Å². The highest BCUT2D eigenvalue weighted by atomic mass is 32.2. The van der Waals surface area contributed by atoms with Gasteiger partial charge < -0.3 is 10.6 Å². The van der Waals surface area contributed by atoms with E-state index in [9.17, 15) is 8.42 Å². The fourth-order valence-corrected chi connectivity index (χ4v) is 4.85. The van der Waals surface area contributed by atoms with Gasteiger partial charge in [-0.2, -0.15) is 4.31 Å². The van der Waals surface area contributed by atoms with Crippen LogP contribution in [-0.2, 0) is 16.6 Å². The molecule has 25 heavy (non-hydrogen) atoms. The summed E-state index contributed by atoms with van der Waals surface area (Å²) in [7, 11) is -3.39. The molecule has 7 heteroatoms. The molecule has 5 nitrogen and oxygen atoms in total. The third-order valence-corrected chi connectivity index (χ3v) is 6.99. The fourth-order valence-electron chi connectivity index (χ4n) is 3.16. The Morgan fingerprint density at radius 2 is 1.72 bits per heavy atom. The van der Waals surface area contributed by atoms with Gasteiger partial charge in [-0.1, -0.05) is 45.2 Å². The van der Waals surface area contributed by atoms with Crippen molar-refractivity contribution < 1.29 is 8.42 Å². The predicted octanol–water partition coefficient (Wildman–Crippen LogP) is 3.01. The van der Waals surface area contributed by atoms with Gasteiger partial charge in [-0.05, 0) is 42.8 Å². The number of hydrogen-bond acceptors (Lipinski definition) is 3. The fraction of sp³-hybridized carbons (Fsp3) is 0.611. The van der Waals surface area contributed by atoms with Gasteiger partial charge >= 0.3 is 0 Å². The van der Waals surface area contributed by atoms with Crippen LogP contribution >= 0.6 is 12.2 Å². The van der Waals surface area contributed by atoms with Gasteiger partial charge in [-0.3, -0.25) is 0 Å². The molecule has 2 rings (SSSR count). The van der Waals surface area contributed by atoms with Crippen molar-refractivity contribution in [2.75, 3.05) is 13.1 Å². The molecule has 0 aliphatic heterocycles. The molecule has 2 N–H and O–H groups in total. The van der Waals surface area contributed by atoms with E-state index in [1.807, 2.05) is 26.0 Å². The minimum Gasteiger partial charge on any atom is -0.360 e. The van der Waals surface area contributed by atoms with E-state index in [1.54, 1.807) is 12.1 Å². The predicted molar refractivity (Wildman–Crippen MR) is 106 cm³/mol. The number of nitrogens with one attached hydrogen (secondary N) is 2. The monoisotopic (exact) mass is 383 g/mol. The number of hydrogen-bond donors (Lipinski definition) is 2. The molecule has 1 aliphatic carbocycles. The van der Waals surface area contributed by atoms with Crippen LogP contribution in [0.3, 0.4) is 0 Å². The van der Waals surface area contributed by atoms with Gasteiger partial charge in [-0.15, -0.1) is 0 Å². The van der Waals surface area contributed by atoms with Crippen molar-refractivity contribution >= 4 is 27.4 Å². The molecule has 1 aliphatic rings. The average molecular weight is 384 g/mol. The van der Waals surface area contributed by atoms with Crippen molar-refractivity contribution in [1.82, 2.24) is 14.9 Å². The molecule has 1 aromatic carbocycles. The second-order valence-corrected chi connectivity index (χ2v) is 8.74. The van der Waals surface area contributed by atoms with Crippen LogP contribution in [-0.4, -0.2) is 37.0 Å². The summed E-state index contributed by atoms with van der Waals surface area (Å²) in [4.78, 5) is 0.336. The van der Waals surface area contributed by atoms with Gasteiger partial charge in [-0.25, -0.2) is 8.42 Å². The molecule has 0 aromatic heterocycles. The topological polar surface area (TPSA) is 61.4 Å². The summed E-state index contributed by atoms with van der Waals surface area (Å²) in [5.74, 6) is 0. The van der Waals surface area contributed by atoms with Gasteiger partial charge in [0.25, 0.3) is 0 Å². The Kier molecular flexibility index (Phi) is 7.65. The van der Waals surface area contributed by atoms with Crippen LogP contribution in [0, 0.1) is 0 Å².